The van der Waals surface area contributed by atoms with E-state index in [2.05, 4.69) is 27.6 Å². The van der Waals surface area contributed by atoms with Crippen LogP contribution in [0.5, 0.6) is 0 Å². The second-order valence-corrected chi connectivity index (χ2v) is 6.01. The van der Waals surface area contributed by atoms with Crippen molar-refractivity contribution in [1.29, 1.82) is 0 Å². The summed E-state index contributed by atoms with van der Waals surface area (Å²) in [6.07, 6.45) is 6.42. The van der Waals surface area contributed by atoms with Crippen LogP contribution in [-0.2, 0) is 0 Å². The van der Waals surface area contributed by atoms with Gasteiger partial charge < -0.3 is 11.1 Å². The Bertz CT molecular complexity index is 557. The molecule has 0 saturated heterocycles. The van der Waals surface area contributed by atoms with Crippen molar-refractivity contribution < 1.29 is 0 Å². The quantitative estimate of drug-likeness (QED) is 0.892. The van der Waals surface area contributed by atoms with Crippen molar-refractivity contribution in [2.24, 2.45) is 5.73 Å². The van der Waals surface area contributed by atoms with Gasteiger partial charge in [-0.3, -0.25) is 0 Å². The fourth-order valence-electron chi connectivity index (χ4n) is 2.74. The number of hydrogen-bond donors (Lipinski definition) is 2. The molecule has 0 atom stereocenters. The number of nitrogens with one attached hydrogen (secondary N) is 1. The molecule has 0 aliphatic heterocycles. The second kappa shape index (κ2) is 4.48. The summed E-state index contributed by atoms with van der Waals surface area (Å²) >= 11 is 1.70. The lowest BCUT2D eigenvalue weighted by Gasteiger charge is -2.29. The zero-order chi connectivity index (χ0) is 12.6. The fourth-order valence-corrected chi connectivity index (χ4v) is 3.69. The van der Waals surface area contributed by atoms with Gasteiger partial charge in [-0.2, -0.15) is 0 Å². The smallest absolute Gasteiger partial charge is 0.147 e. The lowest BCUT2D eigenvalue weighted by Crippen LogP contribution is -2.43. The van der Waals surface area contributed by atoms with Crippen LogP contribution in [0.15, 0.2) is 11.7 Å². The van der Waals surface area contributed by atoms with Gasteiger partial charge in [0.15, 0.2) is 0 Å². The molecule has 2 heterocycles. The molecule has 1 saturated carbocycles. The average Bonchev–Trinajstić information content (AvgIpc) is 2.99. The maximum Gasteiger partial charge on any atom is 0.147 e. The number of rotatable bonds is 3. The third-order valence-electron chi connectivity index (χ3n) is 3.87. The molecule has 4 nitrogen and oxygen atoms in total. The molecule has 0 amide bonds. The van der Waals surface area contributed by atoms with Crippen LogP contribution in [0.2, 0.25) is 0 Å². The predicted octanol–water partition coefficient (Wildman–Crippen LogP) is 2.68. The molecule has 5 heteroatoms. The van der Waals surface area contributed by atoms with Gasteiger partial charge in [-0.25, -0.2) is 9.97 Å². The summed E-state index contributed by atoms with van der Waals surface area (Å²) in [5.41, 5.74) is 8.28. The first-order valence-corrected chi connectivity index (χ1v) is 7.29. The van der Waals surface area contributed by atoms with Gasteiger partial charge in [-0.15, -0.1) is 11.3 Å². The molecule has 3 N–H and O–H groups in total. The standard InChI is InChI=1S/C13H18N4S/c1-9-6-18-11-10(9)15-8-16-12(11)17-13(7-14)4-2-3-5-13/h6,8H,2-5,7,14H2,1H3,(H,15,16,17). The number of thiophene rings is 1. The Labute approximate surface area is 111 Å². The first kappa shape index (κ1) is 11.9. The van der Waals surface area contributed by atoms with Crippen molar-refractivity contribution in [3.8, 4) is 0 Å². The summed E-state index contributed by atoms with van der Waals surface area (Å²) in [4.78, 5) is 8.76. The van der Waals surface area contributed by atoms with E-state index < -0.39 is 0 Å². The van der Waals surface area contributed by atoms with Crippen molar-refractivity contribution >= 4 is 27.4 Å². The Hall–Kier alpha value is -1.20. The molecule has 1 aliphatic carbocycles. The van der Waals surface area contributed by atoms with Gasteiger partial charge in [-0.05, 0) is 30.7 Å². The van der Waals surface area contributed by atoms with Crippen molar-refractivity contribution in [2.75, 3.05) is 11.9 Å². The number of aromatic nitrogens is 2. The third kappa shape index (κ3) is 1.87. The van der Waals surface area contributed by atoms with Crippen LogP contribution in [0.25, 0.3) is 10.2 Å². The maximum atomic E-state index is 5.96. The Kier molecular flexibility index (Phi) is 2.95. The summed E-state index contributed by atoms with van der Waals surface area (Å²) < 4.78 is 1.15. The minimum Gasteiger partial charge on any atom is -0.362 e. The van der Waals surface area contributed by atoms with Crippen LogP contribution in [0, 0.1) is 6.92 Å². The van der Waals surface area contributed by atoms with E-state index >= 15 is 0 Å². The predicted molar refractivity (Wildman–Crippen MR) is 76.0 cm³/mol. The van der Waals surface area contributed by atoms with Gasteiger partial charge in [0.25, 0.3) is 0 Å². The van der Waals surface area contributed by atoms with E-state index in [1.165, 1.54) is 18.4 Å². The van der Waals surface area contributed by atoms with Gasteiger partial charge in [0.05, 0.1) is 15.8 Å². The summed E-state index contributed by atoms with van der Waals surface area (Å²) in [7, 11) is 0. The van der Waals surface area contributed by atoms with E-state index in [0.29, 0.717) is 6.54 Å². The number of nitrogens with two attached hydrogens (primary N) is 1. The molecule has 0 radical (unpaired) electrons. The highest BCUT2D eigenvalue weighted by Gasteiger charge is 2.33. The van der Waals surface area contributed by atoms with Gasteiger partial charge in [0.1, 0.15) is 12.1 Å². The molecule has 2 aromatic rings. The number of hydrogen-bond acceptors (Lipinski definition) is 5. The van der Waals surface area contributed by atoms with E-state index in [0.717, 1.165) is 28.9 Å². The van der Waals surface area contributed by atoms with Crippen LogP contribution in [0.3, 0.4) is 0 Å². The number of anilines is 1. The summed E-state index contributed by atoms with van der Waals surface area (Å²) in [6, 6.07) is 0. The minimum absolute atomic E-state index is 0.0409. The molecular weight excluding hydrogens is 244 g/mol. The Balaban J connectivity index is 1.99. The molecule has 2 aromatic heterocycles. The van der Waals surface area contributed by atoms with E-state index in [1.807, 2.05) is 0 Å². The molecule has 0 unspecified atom stereocenters. The Morgan fingerprint density at radius 2 is 2.17 bits per heavy atom. The molecule has 96 valence electrons. The highest BCUT2D eigenvalue weighted by molar-refractivity contribution is 7.18. The van der Waals surface area contributed by atoms with Crippen LogP contribution < -0.4 is 11.1 Å². The summed E-state index contributed by atoms with van der Waals surface area (Å²) in [5, 5.41) is 5.73. The van der Waals surface area contributed by atoms with Gasteiger partial charge in [-0.1, -0.05) is 12.8 Å². The molecular formula is C13H18N4S. The highest BCUT2D eigenvalue weighted by atomic mass is 32.1. The van der Waals surface area contributed by atoms with Crippen molar-refractivity contribution in [3.05, 3.63) is 17.3 Å². The molecule has 18 heavy (non-hydrogen) atoms. The van der Waals surface area contributed by atoms with Crippen molar-refractivity contribution in [3.63, 3.8) is 0 Å². The number of nitrogens with zero attached hydrogens (tertiary/aromatic N) is 2. The monoisotopic (exact) mass is 262 g/mol. The molecule has 3 rings (SSSR count). The van der Waals surface area contributed by atoms with E-state index in [-0.39, 0.29) is 5.54 Å². The van der Waals surface area contributed by atoms with Gasteiger partial charge in [0, 0.05) is 6.54 Å². The first-order valence-electron chi connectivity index (χ1n) is 6.41. The number of aryl methyl sites for hydroxylation is 1. The van der Waals surface area contributed by atoms with E-state index in [9.17, 15) is 0 Å². The summed E-state index contributed by atoms with van der Waals surface area (Å²) in [5.74, 6) is 0.949. The largest absolute Gasteiger partial charge is 0.362 e. The van der Waals surface area contributed by atoms with Crippen LogP contribution >= 0.6 is 11.3 Å². The molecule has 0 aromatic carbocycles. The number of fused-ring (bicyclic) bond motifs is 1. The Morgan fingerprint density at radius 1 is 1.39 bits per heavy atom. The maximum absolute atomic E-state index is 5.96. The van der Waals surface area contributed by atoms with Gasteiger partial charge >= 0.3 is 0 Å². The van der Waals surface area contributed by atoms with Gasteiger partial charge in [0.2, 0.25) is 0 Å². The molecule has 1 aliphatic rings. The first-order chi connectivity index (χ1) is 8.74. The SMILES string of the molecule is Cc1csc2c(NC3(CN)CCCC3)ncnc12. The molecule has 0 spiro atoms. The average molecular weight is 262 g/mol. The minimum atomic E-state index is 0.0409. The van der Waals surface area contributed by atoms with Crippen LogP contribution in [0.1, 0.15) is 31.2 Å². The topological polar surface area (TPSA) is 63.8 Å². The second-order valence-electron chi connectivity index (χ2n) is 5.14. The van der Waals surface area contributed by atoms with Crippen LogP contribution in [-0.4, -0.2) is 22.1 Å². The highest BCUT2D eigenvalue weighted by Crippen LogP contribution is 2.35. The lowest BCUT2D eigenvalue weighted by molar-refractivity contribution is 0.492. The van der Waals surface area contributed by atoms with Crippen molar-refractivity contribution in [1.82, 2.24) is 9.97 Å². The molecule has 1 fully saturated rings. The third-order valence-corrected chi connectivity index (χ3v) is 4.96. The van der Waals surface area contributed by atoms with Crippen LogP contribution in [0.4, 0.5) is 5.82 Å². The van der Waals surface area contributed by atoms with Crippen molar-refractivity contribution in [2.45, 2.75) is 38.1 Å². The molecule has 0 bridgehead atoms. The van der Waals surface area contributed by atoms with E-state index in [4.69, 9.17) is 5.73 Å². The summed E-state index contributed by atoms with van der Waals surface area (Å²) in [6.45, 7) is 2.76. The normalized spacial score (nSPS) is 18.3. The zero-order valence-corrected chi connectivity index (χ0v) is 11.4. The Morgan fingerprint density at radius 3 is 2.89 bits per heavy atom. The van der Waals surface area contributed by atoms with E-state index in [1.54, 1.807) is 17.7 Å². The zero-order valence-electron chi connectivity index (χ0n) is 10.6. The lowest BCUT2D eigenvalue weighted by atomic mass is 9.98. The fraction of sp³-hybridized carbons (Fsp3) is 0.538.